The number of fused-ring (bicyclic) bond motifs is 1. The summed E-state index contributed by atoms with van der Waals surface area (Å²) in [5.74, 6) is -0.533. The average molecular weight is 492 g/mol. The number of benzene rings is 2. The van der Waals surface area contributed by atoms with Crippen LogP contribution in [-0.4, -0.2) is 48.8 Å². The number of amidine groups is 1. The maximum absolute atomic E-state index is 13.4. The van der Waals surface area contributed by atoms with Gasteiger partial charge in [0, 0.05) is 24.9 Å². The van der Waals surface area contributed by atoms with E-state index in [0.717, 1.165) is 27.6 Å². The van der Waals surface area contributed by atoms with Crippen molar-refractivity contribution in [3.8, 4) is 0 Å². The fourth-order valence-corrected chi connectivity index (χ4v) is 4.99. The highest BCUT2D eigenvalue weighted by molar-refractivity contribution is 8.16. The number of aliphatic imine (C=N–C) groups is 1. The van der Waals surface area contributed by atoms with Gasteiger partial charge in [0.05, 0.1) is 36.9 Å². The third kappa shape index (κ3) is 5.49. The molecule has 1 N–H and O–H groups in total. The minimum atomic E-state index is -0.481. The summed E-state index contributed by atoms with van der Waals surface area (Å²) < 4.78 is 10.6. The van der Waals surface area contributed by atoms with E-state index in [1.54, 1.807) is 14.0 Å². The van der Waals surface area contributed by atoms with Gasteiger partial charge in [-0.05, 0) is 24.8 Å². The van der Waals surface area contributed by atoms with E-state index in [9.17, 15) is 9.59 Å². The van der Waals surface area contributed by atoms with Crippen molar-refractivity contribution in [3.63, 3.8) is 0 Å². The van der Waals surface area contributed by atoms with Gasteiger partial charge in [0.1, 0.15) is 0 Å². The second-order valence-electron chi connectivity index (χ2n) is 8.17. The topological polar surface area (TPSA) is 80.2 Å². The van der Waals surface area contributed by atoms with Crippen LogP contribution in [0.5, 0.6) is 0 Å². The van der Waals surface area contributed by atoms with Crippen molar-refractivity contribution >= 4 is 34.5 Å². The Morgan fingerprint density at radius 2 is 1.86 bits per heavy atom. The predicted octanol–water partition coefficient (Wildman–Crippen LogP) is 4.42. The van der Waals surface area contributed by atoms with Crippen LogP contribution in [0.1, 0.15) is 36.1 Å². The molecule has 35 heavy (non-hydrogen) atoms. The first kappa shape index (κ1) is 24.8. The van der Waals surface area contributed by atoms with Gasteiger partial charge in [-0.2, -0.15) is 0 Å². The van der Waals surface area contributed by atoms with Crippen molar-refractivity contribution in [2.75, 3.05) is 26.9 Å². The number of hydrogen-bond acceptors (Lipinski definition) is 7. The van der Waals surface area contributed by atoms with Crippen LogP contribution < -0.4 is 5.32 Å². The molecular weight excluding hydrogens is 462 g/mol. The summed E-state index contributed by atoms with van der Waals surface area (Å²) in [5.41, 5.74) is 4.71. The normalized spacial score (nSPS) is 17.0. The van der Waals surface area contributed by atoms with Crippen LogP contribution in [-0.2, 0) is 19.1 Å². The molecule has 0 saturated carbocycles. The number of nitrogens with one attached hydrogen (secondary N) is 1. The highest BCUT2D eigenvalue weighted by Gasteiger charge is 2.42. The van der Waals surface area contributed by atoms with Gasteiger partial charge in [0.2, 0.25) is 5.91 Å². The highest BCUT2D eigenvalue weighted by Crippen LogP contribution is 2.47. The van der Waals surface area contributed by atoms with E-state index in [2.05, 4.69) is 5.32 Å². The highest BCUT2D eigenvalue weighted by atomic mass is 32.2. The fourth-order valence-electron chi connectivity index (χ4n) is 4.07. The van der Waals surface area contributed by atoms with Gasteiger partial charge in [-0.15, -0.1) is 0 Å². The SMILES string of the molecule is CCOC(=O)C1=C(c2ccccc2)N=C2SC=C(CC(=O)NCCOC)N2[C@@H]1c1ccc(C)cc1. The van der Waals surface area contributed by atoms with E-state index in [4.69, 9.17) is 14.5 Å². The molecule has 2 heterocycles. The van der Waals surface area contributed by atoms with Crippen molar-refractivity contribution in [2.24, 2.45) is 4.99 Å². The molecule has 0 aliphatic carbocycles. The number of amides is 1. The molecule has 2 aliphatic rings. The first-order chi connectivity index (χ1) is 17.0. The molecule has 4 rings (SSSR count). The molecule has 0 fully saturated rings. The molecule has 2 aliphatic heterocycles. The third-order valence-corrected chi connectivity index (χ3v) is 6.60. The molecule has 2 aromatic carbocycles. The summed E-state index contributed by atoms with van der Waals surface area (Å²) in [6.45, 7) is 4.94. The van der Waals surface area contributed by atoms with E-state index < -0.39 is 12.0 Å². The lowest BCUT2D eigenvalue weighted by Crippen LogP contribution is -2.38. The number of thioether (sulfide) groups is 1. The van der Waals surface area contributed by atoms with Gasteiger partial charge in [-0.1, -0.05) is 71.9 Å². The van der Waals surface area contributed by atoms with Crippen LogP contribution in [0.3, 0.4) is 0 Å². The molecule has 182 valence electrons. The first-order valence-corrected chi connectivity index (χ1v) is 12.4. The lowest BCUT2D eigenvalue weighted by atomic mass is 9.91. The van der Waals surface area contributed by atoms with Gasteiger partial charge < -0.3 is 19.7 Å². The average Bonchev–Trinajstić information content (AvgIpc) is 3.26. The van der Waals surface area contributed by atoms with Crippen LogP contribution >= 0.6 is 11.8 Å². The van der Waals surface area contributed by atoms with Crippen LogP contribution in [0.2, 0.25) is 0 Å². The Morgan fingerprint density at radius 1 is 1.11 bits per heavy atom. The fraction of sp³-hybridized carbons (Fsp3) is 0.296. The number of aryl methyl sites for hydroxylation is 1. The Balaban J connectivity index is 1.80. The molecule has 0 spiro atoms. The second-order valence-corrected chi connectivity index (χ2v) is 9.01. The Kier molecular flexibility index (Phi) is 8.05. The summed E-state index contributed by atoms with van der Waals surface area (Å²) in [6, 6.07) is 17.3. The van der Waals surface area contributed by atoms with Crippen LogP contribution in [0.4, 0.5) is 0 Å². The Bertz CT molecular complexity index is 1170. The van der Waals surface area contributed by atoms with Gasteiger partial charge in [-0.25, -0.2) is 9.79 Å². The molecule has 8 heteroatoms. The Labute approximate surface area is 209 Å². The molecule has 1 amide bonds. The van der Waals surface area contributed by atoms with Gasteiger partial charge in [-0.3, -0.25) is 4.79 Å². The smallest absolute Gasteiger partial charge is 0.338 e. The molecule has 0 unspecified atom stereocenters. The van der Waals surface area contributed by atoms with E-state index in [1.165, 1.54) is 11.8 Å². The van der Waals surface area contributed by atoms with Crippen molar-refractivity contribution in [1.29, 1.82) is 0 Å². The quantitative estimate of drug-likeness (QED) is 0.413. The third-order valence-electron chi connectivity index (χ3n) is 5.72. The molecular formula is C27H29N3O4S. The molecule has 0 bridgehead atoms. The molecule has 0 aromatic heterocycles. The van der Waals surface area contributed by atoms with Crippen molar-refractivity contribution < 1.29 is 19.1 Å². The minimum Gasteiger partial charge on any atom is -0.463 e. The summed E-state index contributed by atoms with van der Waals surface area (Å²) in [4.78, 5) is 33.0. The zero-order valence-corrected chi connectivity index (χ0v) is 20.9. The van der Waals surface area contributed by atoms with Crippen molar-refractivity contribution in [2.45, 2.75) is 26.3 Å². The molecule has 0 radical (unpaired) electrons. The predicted molar refractivity (Wildman–Crippen MR) is 138 cm³/mol. The Hall–Kier alpha value is -3.36. The zero-order chi connectivity index (χ0) is 24.8. The largest absolute Gasteiger partial charge is 0.463 e. The number of carbonyl (C=O) groups is 2. The second kappa shape index (κ2) is 11.4. The maximum Gasteiger partial charge on any atom is 0.338 e. The molecule has 0 saturated heterocycles. The number of rotatable bonds is 9. The van der Waals surface area contributed by atoms with E-state index in [1.807, 2.05) is 71.8 Å². The molecule has 2 aromatic rings. The van der Waals surface area contributed by atoms with Crippen LogP contribution in [0, 0.1) is 6.92 Å². The molecule has 7 nitrogen and oxygen atoms in total. The monoisotopic (exact) mass is 491 g/mol. The number of methoxy groups -OCH3 is 1. The Morgan fingerprint density at radius 3 is 2.54 bits per heavy atom. The van der Waals surface area contributed by atoms with Crippen LogP contribution in [0.15, 0.2) is 76.3 Å². The number of hydrogen-bond donors (Lipinski definition) is 1. The number of nitrogens with zero attached hydrogens (tertiary/aromatic N) is 2. The summed E-state index contributed by atoms with van der Waals surface area (Å²) in [6.07, 6.45) is 0.162. The van der Waals surface area contributed by atoms with Gasteiger partial charge in [0.25, 0.3) is 0 Å². The standard InChI is InChI=1S/C27H29N3O4S/c1-4-34-26(32)23-24(19-8-6-5-7-9-19)29-27-30(25(23)20-12-10-18(2)11-13-20)21(17-35-27)16-22(31)28-14-15-33-3/h5-13,17,25H,4,14-16H2,1-3H3,(H,28,31)/t25-/m1/s1. The van der Waals surface area contributed by atoms with Gasteiger partial charge in [0.15, 0.2) is 5.17 Å². The number of ether oxygens (including phenoxy) is 2. The lowest BCUT2D eigenvalue weighted by molar-refractivity contribution is -0.139. The van der Waals surface area contributed by atoms with Crippen LogP contribution in [0.25, 0.3) is 5.70 Å². The summed E-state index contributed by atoms with van der Waals surface area (Å²) >= 11 is 1.45. The summed E-state index contributed by atoms with van der Waals surface area (Å²) in [5, 5.41) is 5.53. The minimum absolute atomic E-state index is 0.117. The van der Waals surface area contributed by atoms with Crippen molar-refractivity contribution in [3.05, 3.63) is 88.0 Å². The number of carbonyl (C=O) groups excluding carboxylic acids is 2. The zero-order valence-electron chi connectivity index (χ0n) is 20.1. The number of esters is 1. The summed E-state index contributed by atoms with van der Waals surface area (Å²) in [7, 11) is 1.60. The first-order valence-electron chi connectivity index (χ1n) is 11.6. The van der Waals surface area contributed by atoms with Crippen molar-refractivity contribution in [1.82, 2.24) is 10.2 Å². The van der Waals surface area contributed by atoms with Gasteiger partial charge >= 0.3 is 5.97 Å². The van der Waals surface area contributed by atoms with E-state index in [-0.39, 0.29) is 18.9 Å². The maximum atomic E-state index is 13.4. The lowest BCUT2D eigenvalue weighted by Gasteiger charge is -2.36. The van der Waals surface area contributed by atoms with E-state index in [0.29, 0.717) is 24.4 Å². The van der Waals surface area contributed by atoms with E-state index >= 15 is 0 Å². The molecule has 1 atom stereocenters.